The van der Waals surface area contributed by atoms with Gasteiger partial charge in [-0.15, -0.1) is 0 Å². The molecule has 0 bridgehead atoms. The fourth-order valence-corrected chi connectivity index (χ4v) is 1.22. The van der Waals surface area contributed by atoms with E-state index in [1.807, 2.05) is 0 Å². The SMILES string of the molecule is CC(=O)c1ncc(Cl)s1. The van der Waals surface area contributed by atoms with E-state index in [-0.39, 0.29) is 5.78 Å². The molecule has 0 fully saturated rings. The van der Waals surface area contributed by atoms with Crippen LogP contribution in [-0.2, 0) is 0 Å². The lowest BCUT2D eigenvalue weighted by Crippen LogP contribution is -1.87. The molecule has 1 heterocycles. The highest BCUT2D eigenvalue weighted by molar-refractivity contribution is 7.17. The Hall–Kier alpha value is -0.410. The normalized spacial score (nSPS) is 9.56. The zero-order valence-corrected chi connectivity index (χ0v) is 6.29. The van der Waals surface area contributed by atoms with Crippen molar-refractivity contribution in [3.05, 3.63) is 15.5 Å². The molecule has 0 saturated carbocycles. The molecule has 0 radical (unpaired) electrons. The van der Waals surface area contributed by atoms with Gasteiger partial charge in [0.15, 0.2) is 10.8 Å². The summed E-state index contributed by atoms with van der Waals surface area (Å²) in [5.41, 5.74) is 0. The first kappa shape index (κ1) is 6.71. The maximum atomic E-state index is 10.5. The van der Waals surface area contributed by atoms with E-state index in [9.17, 15) is 4.79 Å². The number of Topliss-reactive ketones (excluding diaryl/α,β-unsaturated/α-hetero) is 1. The number of hydrogen-bond donors (Lipinski definition) is 0. The second-order valence-corrected chi connectivity index (χ2v) is 3.19. The summed E-state index contributed by atoms with van der Waals surface area (Å²) < 4.78 is 0.556. The van der Waals surface area contributed by atoms with Gasteiger partial charge in [0, 0.05) is 6.92 Å². The van der Waals surface area contributed by atoms with Crippen molar-refractivity contribution in [2.45, 2.75) is 6.92 Å². The van der Waals surface area contributed by atoms with Gasteiger partial charge in [-0.25, -0.2) is 4.98 Å². The molecular weight excluding hydrogens is 158 g/mol. The summed E-state index contributed by atoms with van der Waals surface area (Å²) in [5, 5.41) is 0.472. The van der Waals surface area contributed by atoms with Crippen molar-refractivity contribution in [3.8, 4) is 0 Å². The molecule has 0 unspecified atom stereocenters. The fraction of sp³-hybridized carbons (Fsp3) is 0.200. The van der Waals surface area contributed by atoms with Gasteiger partial charge in [-0.3, -0.25) is 4.79 Å². The first-order valence-electron chi connectivity index (χ1n) is 2.32. The fourth-order valence-electron chi connectivity index (χ4n) is 0.417. The average molecular weight is 162 g/mol. The molecule has 9 heavy (non-hydrogen) atoms. The number of halogens is 1. The van der Waals surface area contributed by atoms with E-state index in [4.69, 9.17) is 11.6 Å². The molecule has 48 valence electrons. The topological polar surface area (TPSA) is 30.0 Å². The van der Waals surface area contributed by atoms with E-state index >= 15 is 0 Å². The van der Waals surface area contributed by atoms with E-state index < -0.39 is 0 Å². The van der Waals surface area contributed by atoms with Crippen molar-refractivity contribution in [1.29, 1.82) is 0 Å². The monoisotopic (exact) mass is 161 g/mol. The molecule has 0 amide bonds. The summed E-state index contributed by atoms with van der Waals surface area (Å²) in [6.07, 6.45) is 1.48. The number of thiazole rings is 1. The highest BCUT2D eigenvalue weighted by Gasteiger charge is 2.02. The van der Waals surface area contributed by atoms with Crippen LogP contribution in [0.15, 0.2) is 6.20 Å². The van der Waals surface area contributed by atoms with Crippen molar-refractivity contribution < 1.29 is 4.79 Å². The summed E-state index contributed by atoms with van der Waals surface area (Å²) in [7, 11) is 0. The second-order valence-electron chi connectivity index (χ2n) is 1.53. The van der Waals surface area contributed by atoms with Gasteiger partial charge in [0.05, 0.1) is 6.20 Å². The summed E-state index contributed by atoms with van der Waals surface area (Å²) in [4.78, 5) is 14.3. The van der Waals surface area contributed by atoms with Crippen molar-refractivity contribution in [2.24, 2.45) is 0 Å². The number of hydrogen-bond acceptors (Lipinski definition) is 3. The van der Waals surface area contributed by atoms with Gasteiger partial charge < -0.3 is 0 Å². The van der Waals surface area contributed by atoms with Crippen LogP contribution in [0.3, 0.4) is 0 Å². The summed E-state index contributed by atoms with van der Waals surface area (Å²) in [6, 6.07) is 0. The molecule has 0 spiro atoms. The van der Waals surface area contributed by atoms with E-state index in [0.717, 1.165) is 0 Å². The Morgan fingerprint density at radius 1 is 1.89 bits per heavy atom. The Labute approximate surface area is 61.5 Å². The maximum absolute atomic E-state index is 10.5. The molecule has 4 heteroatoms. The van der Waals surface area contributed by atoms with Crippen LogP contribution in [0.1, 0.15) is 16.7 Å². The average Bonchev–Trinajstić information content (AvgIpc) is 2.14. The van der Waals surface area contributed by atoms with Gasteiger partial charge in [0.1, 0.15) is 4.34 Å². The Kier molecular flexibility index (Phi) is 1.83. The minimum absolute atomic E-state index is 0.0353. The molecule has 0 aromatic carbocycles. The number of aromatic nitrogens is 1. The molecule has 0 aliphatic heterocycles. The lowest BCUT2D eigenvalue weighted by Gasteiger charge is -1.78. The standard InChI is InChI=1S/C5H4ClNOS/c1-3(8)5-7-2-4(6)9-5/h2H,1H3. The molecular formula is C5H4ClNOS. The van der Waals surface area contributed by atoms with Crippen LogP contribution in [0.25, 0.3) is 0 Å². The van der Waals surface area contributed by atoms with E-state index in [1.165, 1.54) is 24.5 Å². The van der Waals surface area contributed by atoms with E-state index in [2.05, 4.69) is 4.98 Å². The molecule has 1 aromatic heterocycles. The third-order valence-electron chi connectivity index (χ3n) is 0.779. The molecule has 1 rings (SSSR count). The van der Waals surface area contributed by atoms with Crippen LogP contribution >= 0.6 is 22.9 Å². The smallest absolute Gasteiger partial charge is 0.188 e. The number of carbonyl (C=O) groups excluding carboxylic acids is 1. The molecule has 0 N–H and O–H groups in total. The number of rotatable bonds is 1. The molecule has 2 nitrogen and oxygen atoms in total. The van der Waals surface area contributed by atoms with Gasteiger partial charge in [0.2, 0.25) is 0 Å². The minimum Gasteiger partial charge on any atom is -0.292 e. The molecule has 0 saturated heterocycles. The zero-order chi connectivity index (χ0) is 6.85. The second kappa shape index (κ2) is 2.45. The van der Waals surface area contributed by atoms with Gasteiger partial charge >= 0.3 is 0 Å². The number of ketones is 1. The van der Waals surface area contributed by atoms with Crippen molar-refractivity contribution in [2.75, 3.05) is 0 Å². The van der Waals surface area contributed by atoms with Gasteiger partial charge in [0.25, 0.3) is 0 Å². The molecule has 1 aromatic rings. The number of carbonyl (C=O) groups is 1. The van der Waals surface area contributed by atoms with E-state index in [1.54, 1.807) is 0 Å². The summed E-state index contributed by atoms with van der Waals surface area (Å²) in [6.45, 7) is 1.47. The van der Waals surface area contributed by atoms with Crippen LogP contribution in [0, 0.1) is 0 Å². The van der Waals surface area contributed by atoms with Gasteiger partial charge in [-0.2, -0.15) is 0 Å². The van der Waals surface area contributed by atoms with Crippen molar-refractivity contribution in [1.82, 2.24) is 4.98 Å². The zero-order valence-electron chi connectivity index (χ0n) is 4.72. The highest BCUT2D eigenvalue weighted by atomic mass is 35.5. The predicted octanol–water partition coefficient (Wildman–Crippen LogP) is 2.00. The first-order valence-corrected chi connectivity index (χ1v) is 3.52. The predicted molar refractivity (Wildman–Crippen MR) is 37.1 cm³/mol. The lowest BCUT2D eigenvalue weighted by atomic mass is 10.5. The number of nitrogens with zero attached hydrogens (tertiary/aromatic N) is 1. The van der Waals surface area contributed by atoms with Gasteiger partial charge in [-0.05, 0) is 0 Å². The Morgan fingerprint density at radius 3 is 2.78 bits per heavy atom. The lowest BCUT2D eigenvalue weighted by molar-refractivity contribution is 0.101. The quantitative estimate of drug-likeness (QED) is 0.590. The maximum Gasteiger partial charge on any atom is 0.188 e. The third kappa shape index (κ3) is 1.50. The summed E-state index contributed by atoms with van der Waals surface area (Å²) in [5.74, 6) is -0.0353. The Bertz CT molecular complexity index is 233. The first-order chi connectivity index (χ1) is 4.20. The van der Waals surface area contributed by atoms with Crippen LogP contribution < -0.4 is 0 Å². The molecule has 0 atom stereocenters. The Balaban J connectivity index is 2.98. The van der Waals surface area contributed by atoms with Crippen LogP contribution in [-0.4, -0.2) is 10.8 Å². The van der Waals surface area contributed by atoms with Crippen molar-refractivity contribution in [3.63, 3.8) is 0 Å². The van der Waals surface area contributed by atoms with Crippen molar-refractivity contribution >= 4 is 28.7 Å². The van der Waals surface area contributed by atoms with Crippen LogP contribution in [0.2, 0.25) is 4.34 Å². The Morgan fingerprint density at radius 2 is 2.56 bits per heavy atom. The van der Waals surface area contributed by atoms with E-state index in [0.29, 0.717) is 9.34 Å². The molecule has 0 aliphatic rings. The largest absolute Gasteiger partial charge is 0.292 e. The van der Waals surface area contributed by atoms with Crippen LogP contribution in [0.5, 0.6) is 0 Å². The third-order valence-corrected chi connectivity index (χ3v) is 1.99. The van der Waals surface area contributed by atoms with Crippen LogP contribution in [0.4, 0.5) is 0 Å². The summed E-state index contributed by atoms with van der Waals surface area (Å²) >= 11 is 6.71. The minimum atomic E-state index is -0.0353. The highest BCUT2D eigenvalue weighted by Crippen LogP contribution is 2.17. The molecule has 0 aliphatic carbocycles. The van der Waals surface area contributed by atoms with Gasteiger partial charge in [-0.1, -0.05) is 22.9 Å².